The van der Waals surface area contributed by atoms with Crippen molar-refractivity contribution < 1.29 is 14.3 Å². The van der Waals surface area contributed by atoms with Crippen LogP contribution in [0.2, 0.25) is 0 Å². The number of benzene rings is 2. The Hall–Kier alpha value is -3.39. The summed E-state index contributed by atoms with van der Waals surface area (Å²) in [6.45, 7) is 2.07. The maximum absolute atomic E-state index is 13.7. The second-order valence-corrected chi connectivity index (χ2v) is 8.75. The lowest BCUT2D eigenvalue weighted by Gasteiger charge is -2.41. The summed E-state index contributed by atoms with van der Waals surface area (Å²) in [5, 5.41) is 3.36. The largest absolute Gasteiger partial charge is 0.376 e. The van der Waals surface area contributed by atoms with Crippen LogP contribution in [0.5, 0.6) is 0 Å². The third-order valence-corrected chi connectivity index (χ3v) is 6.50. The van der Waals surface area contributed by atoms with Gasteiger partial charge in [-0.15, -0.1) is 0 Å². The second-order valence-electron chi connectivity index (χ2n) is 8.75. The van der Waals surface area contributed by atoms with E-state index in [1.165, 1.54) is 4.90 Å². The number of nitrogens with zero attached hydrogens (tertiary/aromatic N) is 4. The Morgan fingerprint density at radius 3 is 2.30 bits per heavy atom. The third kappa shape index (κ3) is 4.30. The van der Waals surface area contributed by atoms with E-state index in [0.717, 1.165) is 30.6 Å². The van der Waals surface area contributed by atoms with Gasteiger partial charge in [-0.3, -0.25) is 14.7 Å². The Labute approximate surface area is 193 Å². The summed E-state index contributed by atoms with van der Waals surface area (Å²) in [6.07, 6.45) is 1.67. The van der Waals surface area contributed by atoms with E-state index in [0.29, 0.717) is 19.0 Å². The number of likely N-dealkylation sites (N-methyl/N-ethyl adjacent to an activating group) is 1. The van der Waals surface area contributed by atoms with E-state index in [1.54, 1.807) is 11.9 Å². The van der Waals surface area contributed by atoms with Gasteiger partial charge in [-0.25, -0.2) is 4.79 Å². The molecule has 172 valence electrons. The lowest BCUT2D eigenvalue weighted by Crippen LogP contribution is -2.65. The number of carbonyl (C=O) groups excluding carboxylic acids is 2. The zero-order chi connectivity index (χ0) is 22.8. The van der Waals surface area contributed by atoms with Crippen LogP contribution in [-0.4, -0.2) is 71.1 Å². The van der Waals surface area contributed by atoms with Gasteiger partial charge in [-0.05, 0) is 24.0 Å². The first-order valence-electron chi connectivity index (χ1n) is 11.5. The molecule has 0 aliphatic carbocycles. The van der Waals surface area contributed by atoms with Crippen LogP contribution in [0.1, 0.15) is 24.0 Å². The van der Waals surface area contributed by atoms with Crippen LogP contribution < -0.4 is 5.32 Å². The molecule has 1 N–H and O–H groups in total. The van der Waals surface area contributed by atoms with E-state index in [9.17, 15) is 9.59 Å². The molecule has 3 saturated heterocycles. The molecular weight excluding hydrogens is 418 g/mol. The van der Waals surface area contributed by atoms with Crippen LogP contribution in [0.4, 0.5) is 4.79 Å². The summed E-state index contributed by atoms with van der Waals surface area (Å²) in [4.78, 5) is 36.6. The number of nitrogens with one attached hydrogen (secondary N) is 1. The van der Waals surface area contributed by atoms with Gasteiger partial charge in [-0.1, -0.05) is 60.7 Å². The van der Waals surface area contributed by atoms with Crippen LogP contribution in [0.25, 0.3) is 0 Å². The van der Waals surface area contributed by atoms with Crippen molar-refractivity contribution in [2.24, 2.45) is 4.99 Å². The molecule has 2 aromatic carbocycles. The molecule has 0 unspecified atom stereocenters. The zero-order valence-electron chi connectivity index (χ0n) is 18.8. The maximum Gasteiger partial charge on any atom is 0.328 e. The minimum atomic E-state index is -0.556. The first-order chi connectivity index (χ1) is 16.1. The van der Waals surface area contributed by atoms with Gasteiger partial charge in [-0.2, -0.15) is 0 Å². The average molecular weight is 448 g/mol. The Bertz CT molecular complexity index is 1020. The number of fused-ring (bicyclic) bond motifs is 1. The minimum absolute atomic E-state index is 0.102. The van der Waals surface area contributed by atoms with Crippen molar-refractivity contribution in [3.63, 3.8) is 0 Å². The Morgan fingerprint density at radius 1 is 1.00 bits per heavy atom. The van der Waals surface area contributed by atoms with Crippen molar-refractivity contribution in [2.75, 3.05) is 20.2 Å². The molecule has 8 nitrogen and oxygen atoms in total. The van der Waals surface area contributed by atoms with Crippen molar-refractivity contribution >= 4 is 17.9 Å². The monoisotopic (exact) mass is 447 g/mol. The number of rotatable bonds is 6. The van der Waals surface area contributed by atoms with Crippen molar-refractivity contribution in [3.8, 4) is 0 Å². The summed E-state index contributed by atoms with van der Waals surface area (Å²) < 4.78 is 5.73. The first kappa shape index (κ1) is 21.5. The number of amides is 3. The standard InChI is InChI=1S/C25H29N5O3/c1-28-22-21(23(31)30(25(28)32)17-19-11-6-3-7-12-19)29(16-18-9-4-2-5-10-18)24(27-22)26-15-20-13-8-14-33-20/h2-7,9-12,20-22H,8,13-17H2,1H3,(H,26,27)/t20-,21-,22+/m0/s1. The highest BCUT2D eigenvalue weighted by Crippen LogP contribution is 2.28. The van der Waals surface area contributed by atoms with Gasteiger partial charge in [0.2, 0.25) is 0 Å². The third-order valence-electron chi connectivity index (χ3n) is 6.50. The minimum Gasteiger partial charge on any atom is -0.376 e. The molecule has 2 aromatic rings. The lowest BCUT2D eigenvalue weighted by molar-refractivity contribution is -0.138. The summed E-state index contributed by atoms with van der Waals surface area (Å²) in [5.41, 5.74) is 1.99. The Morgan fingerprint density at radius 2 is 1.67 bits per heavy atom. The molecule has 8 heteroatoms. The molecule has 0 saturated carbocycles. The van der Waals surface area contributed by atoms with Gasteiger partial charge in [0.1, 0.15) is 6.17 Å². The van der Waals surface area contributed by atoms with E-state index in [-0.39, 0.29) is 24.6 Å². The molecule has 3 amide bonds. The molecule has 0 bridgehead atoms. The van der Waals surface area contributed by atoms with E-state index in [2.05, 4.69) is 5.32 Å². The SMILES string of the molecule is CN1C(=O)N(Cc2ccccc2)C(=O)[C@@H]2[C@@H]1NC(=NC[C@@H]1CCCO1)N2Cc1ccccc1. The number of hydrogen-bond donors (Lipinski definition) is 1. The fourth-order valence-corrected chi connectivity index (χ4v) is 4.71. The number of hydrogen-bond acceptors (Lipinski definition) is 4. The van der Waals surface area contributed by atoms with Gasteiger partial charge >= 0.3 is 6.03 Å². The van der Waals surface area contributed by atoms with Crippen molar-refractivity contribution in [1.29, 1.82) is 0 Å². The van der Waals surface area contributed by atoms with Crippen LogP contribution in [0.3, 0.4) is 0 Å². The fourth-order valence-electron chi connectivity index (χ4n) is 4.71. The molecule has 0 aromatic heterocycles. The van der Waals surface area contributed by atoms with E-state index in [4.69, 9.17) is 9.73 Å². The molecule has 0 spiro atoms. The quantitative estimate of drug-likeness (QED) is 0.736. The molecule has 33 heavy (non-hydrogen) atoms. The highest BCUT2D eigenvalue weighted by Gasteiger charge is 2.53. The first-order valence-corrected chi connectivity index (χ1v) is 11.5. The second kappa shape index (κ2) is 9.23. The fraction of sp³-hybridized carbons (Fsp3) is 0.400. The maximum atomic E-state index is 13.7. The summed E-state index contributed by atoms with van der Waals surface area (Å²) >= 11 is 0. The number of ether oxygens (including phenoxy) is 1. The van der Waals surface area contributed by atoms with Gasteiger partial charge in [0.15, 0.2) is 12.0 Å². The summed E-state index contributed by atoms with van der Waals surface area (Å²) in [6, 6.07) is 18.8. The number of imide groups is 1. The molecule has 3 aliphatic heterocycles. The Balaban J connectivity index is 1.45. The number of carbonyl (C=O) groups is 2. The van der Waals surface area contributed by atoms with Gasteiger partial charge in [0.25, 0.3) is 5.91 Å². The molecule has 0 radical (unpaired) electrons. The van der Waals surface area contributed by atoms with Crippen LogP contribution in [-0.2, 0) is 22.6 Å². The molecule has 3 atom stereocenters. The normalized spacial score (nSPS) is 26.2. The molecule has 3 heterocycles. The summed E-state index contributed by atoms with van der Waals surface area (Å²) in [7, 11) is 1.74. The van der Waals surface area contributed by atoms with Gasteiger partial charge < -0.3 is 19.9 Å². The molecule has 3 aliphatic rings. The van der Waals surface area contributed by atoms with Crippen molar-refractivity contribution in [3.05, 3.63) is 71.8 Å². The smallest absolute Gasteiger partial charge is 0.328 e. The van der Waals surface area contributed by atoms with E-state index < -0.39 is 12.2 Å². The number of aliphatic imine (C=N–C) groups is 1. The van der Waals surface area contributed by atoms with Gasteiger partial charge in [0.05, 0.1) is 19.2 Å². The number of guanidine groups is 1. The highest BCUT2D eigenvalue weighted by molar-refractivity contribution is 6.04. The average Bonchev–Trinajstić information content (AvgIpc) is 3.49. The molecular formula is C25H29N5O3. The van der Waals surface area contributed by atoms with Crippen molar-refractivity contribution in [2.45, 2.75) is 44.2 Å². The van der Waals surface area contributed by atoms with Crippen molar-refractivity contribution in [1.82, 2.24) is 20.0 Å². The molecule has 3 fully saturated rings. The van der Waals surface area contributed by atoms with E-state index >= 15 is 0 Å². The molecule has 5 rings (SSSR count). The van der Waals surface area contributed by atoms with E-state index in [1.807, 2.05) is 65.6 Å². The predicted molar refractivity (Wildman–Crippen MR) is 124 cm³/mol. The number of urea groups is 1. The predicted octanol–water partition coefficient (Wildman–Crippen LogP) is 2.42. The lowest BCUT2D eigenvalue weighted by atomic mass is 10.1. The topological polar surface area (TPSA) is 77.5 Å². The van der Waals surface area contributed by atoms with Crippen LogP contribution >= 0.6 is 0 Å². The van der Waals surface area contributed by atoms with Crippen LogP contribution in [0, 0.1) is 0 Å². The zero-order valence-corrected chi connectivity index (χ0v) is 18.8. The van der Waals surface area contributed by atoms with Gasteiger partial charge in [0, 0.05) is 20.2 Å². The van der Waals surface area contributed by atoms with Crippen LogP contribution in [0.15, 0.2) is 65.7 Å². The highest BCUT2D eigenvalue weighted by atomic mass is 16.5. The summed E-state index contributed by atoms with van der Waals surface area (Å²) in [5.74, 6) is 0.427. The Kier molecular flexibility index (Phi) is 6.00.